The second kappa shape index (κ2) is 5.38. The van der Waals surface area contributed by atoms with Gasteiger partial charge < -0.3 is 11.1 Å². The molecule has 0 aliphatic carbocycles. The molecule has 0 fully saturated rings. The summed E-state index contributed by atoms with van der Waals surface area (Å²) in [6.07, 6.45) is 0.987. The van der Waals surface area contributed by atoms with Gasteiger partial charge in [0.05, 0.1) is 16.2 Å². The molecule has 1 aromatic heterocycles. The number of aromatic nitrogens is 2. The molecule has 0 radical (unpaired) electrons. The smallest absolute Gasteiger partial charge is 0.329 e. The Morgan fingerprint density at radius 3 is 2.90 bits per heavy atom. The third kappa shape index (κ3) is 2.73. The molecule has 8 nitrogen and oxygen atoms in total. The number of hydrogen-bond acceptors (Lipinski definition) is 7. The minimum absolute atomic E-state index is 0.110. The summed E-state index contributed by atoms with van der Waals surface area (Å²) in [7, 11) is 0. The van der Waals surface area contributed by atoms with Crippen molar-refractivity contribution < 1.29 is 4.92 Å². The zero-order valence-electron chi connectivity index (χ0n) is 9.87. The standard InChI is InChI=1S/C11H7ClN6O2/c12-7-2-1-6(4-13)8(3-7)16-10-9(18(19)20)5-15-11(14)17-10/h1-3,5H,(H3,14,15,16,17). The van der Waals surface area contributed by atoms with Crippen LogP contribution in [0.15, 0.2) is 24.4 Å². The minimum atomic E-state index is -0.654. The zero-order valence-corrected chi connectivity index (χ0v) is 10.6. The number of halogens is 1. The Balaban J connectivity index is 2.50. The maximum Gasteiger partial charge on any atom is 0.329 e. The molecule has 100 valence electrons. The van der Waals surface area contributed by atoms with Crippen molar-refractivity contribution >= 4 is 34.7 Å². The number of nitrogens with one attached hydrogen (secondary N) is 1. The van der Waals surface area contributed by atoms with E-state index in [0.717, 1.165) is 6.20 Å². The van der Waals surface area contributed by atoms with Crippen molar-refractivity contribution in [2.45, 2.75) is 0 Å². The lowest BCUT2D eigenvalue weighted by Crippen LogP contribution is -2.04. The van der Waals surface area contributed by atoms with Crippen LogP contribution < -0.4 is 11.1 Å². The Bertz CT molecular complexity index is 727. The summed E-state index contributed by atoms with van der Waals surface area (Å²) in [5.41, 5.74) is 5.61. The van der Waals surface area contributed by atoms with E-state index in [1.54, 1.807) is 0 Å². The van der Waals surface area contributed by atoms with Crippen molar-refractivity contribution in [2.24, 2.45) is 0 Å². The van der Waals surface area contributed by atoms with Gasteiger partial charge in [-0.25, -0.2) is 4.98 Å². The molecule has 1 aromatic carbocycles. The third-order valence-corrected chi connectivity index (χ3v) is 2.58. The first-order valence-electron chi connectivity index (χ1n) is 5.25. The highest BCUT2D eigenvalue weighted by atomic mass is 35.5. The summed E-state index contributed by atoms with van der Waals surface area (Å²) >= 11 is 5.83. The van der Waals surface area contributed by atoms with Gasteiger partial charge in [0.2, 0.25) is 11.8 Å². The maximum atomic E-state index is 10.9. The molecule has 0 bridgehead atoms. The summed E-state index contributed by atoms with van der Waals surface area (Å²) in [4.78, 5) is 17.6. The molecule has 3 N–H and O–H groups in total. The lowest BCUT2D eigenvalue weighted by Gasteiger charge is -2.08. The van der Waals surface area contributed by atoms with Crippen molar-refractivity contribution in [3.05, 3.63) is 45.1 Å². The van der Waals surface area contributed by atoms with Crippen LogP contribution in [-0.2, 0) is 0 Å². The van der Waals surface area contributed by atoms with E-state index in [1.165, 1.54) is 18.2 Å². The zero-order chi connectivity index (χ0) is 14.7. The summed E-state index contributed by atoms with van der Waals surface area (Å²) in [6, 6.07) is 6.42. The van der Waals surface area contributed by atoms with Gasteiger partial charge in [-0.05, 0) is 18.2 Å². The second-order valence-corrected chi connectivity index (χ2v) is 4.08. The lowest BCUT2D eigenvalue weighted by molar-refractivity contribution is -0.384. The molecule has 0 aliphatic heterocycles. The van der Waals surface area contributed by atoms with Crippen molar-refractivity contribution in [1.82, 2.24) is 9.97 Å². The summed E-state index contributed by atoms with van der Waals surface area (Å²) in [5, 5.41) is 22.9. The highest BCUT2D eigenvalue weighted by molar-refractivity contribution is 6.30. The van der Waals surface area contributed by atoms with Crippen LogP contribution in [0.4, 0.5) is 23.1 Å². The van der Waals surface area contributed by atoms with E-state index in [9.17, 15) is 10.1 Å². The Hall–Kier alpha value is -2.92. The van der Waals surface area contributed by atoms with Crippen LogP contribution in [0.2, 0.25) is 5.02 Å². The van der Waals surface area contributed by atoms with Crippen LogP contribution in [-0.4, -0.2) is 14.9 Å². The van der Waals surface area contributed by atoms with E-state index in [0.29, 0.717) is 10.7 Å². The number of nitrogens with zero attached hydrogens (tertiary/aromatic N) is 4. The quantitative estimate of drug-likeness (QED) is 0.654. The van der Waals surface area contributed by atoms with Gasteiger partial charge in [-0.2, -0.15) is 10.2 Å². The first kappa shape index (κ1) is 13.5. The number of rotatable bonds is 3. The molecule has 0 atom stereocenters. The number of anilines is 3. The van der Waals surface area contributed by atoms with E-state index in [1.807, 2.05) is 6.07 Å². The SMILES string of the molecule is N#Cc1ccc(Cl)cc1Nc1nc(N)ncc1[N+](=O)[O-]. The van der Waals surface area contributed by atoms with Gasteiger partial charge >= 0.3 is 5.69 Å². The van der Waals surface area contributed by atoms with Gasteiger partial charge in [-0.1, -0.05) is 11.6 Å². The average molecular weight is 291 g/mol. The van der Waals surface area contributed by atoms with Crippen LogP contribution in [0.3, 0.4) is 0 Å². The highest BCUT2D eigenvalue weighted by Crippen LogP contribution is 2.28. The molecule has 0 spiro atoms. The van der Waals surface area contributed by atoms with Crippen molar-refractivity contribution in [2.75, 3.05) is 11.1 Å². The first-order valence-corrected chi connectivity index (χ1v) is 5.62. The van der Waals surface area contributed by atoms with Crippen LogP contribution in [0.25, 0.3) is 0 Å². The highest BCUT2D eigenvalue weighted by Gasteiger charge is 2.18. The van der Waals surface area contributed by atoms with E-state index >= 15 is 0 Å². The van der Waals surface area contributed by atoms with Gasteiger partial charge in [-0.3, -0.25) is 10.1 Å². The molecule has 0 saturated heterocycles. The fraction of sp³-hybridized carbons (Fsp3) is 0. The first-order chi connectivity index (χ1) is 9.51. The average Bonchev–Trinajstić information content (AvgIpc) is 2.38. The molecular formula is C11H7ClN6O2. The van der Waals surface area contributed by atoms with Gasteiger partial charge in [0.15, 0.2) is 0 Å². The summed E-state index contributed by atoms with van der Waals surface area (Å²) in [6.45, 7) is 0. The predicted molar refractivity (Wildman–Crippen MR) is 72.5 cm³/mol. The fourth-order valence-electron chi connectivity index (χ4n) is 1.46. The molecule has 2 rings (SSSR count). The normalized spacial score (nSPS) is 9.80. The van der Waals surface area contributed by atoms with Gasteiger partial charge in [0.25, 0.3) is 0 Å². The number of hydrogen-bond donors (Lipinski definition) is 2. The maximum absolute atomic E-state index is 10.9. The Kier molecular flexibility index (Phi) is 3.63. The fourth-order valence-corrected chi connectivity index (χ4v) is 1.63. The van der Waals surface area contributed by atoms with E-state index in [2.05, 4.69) is 15.3 Å². The Labute approximate surface area is 118 Å². The van der Waals surface area contributed by atoms with Crippen LogP contribution in [0.5, 0.6) is 0 Å². The molecule has 0 amide bonds. The predicted octanol–water partition coefficient (Wildman–Crippen LogP) is 2.24. The van der Waals surface area contributed by atoms with E-state index in [4.69, 9.17) is 22.6 Å². The molecule has 0 aliphatic rings. The van der Waals surface area contributed by atoms with Gasteiger partial charge in [-0.15, -0.1) is 0 Å². The Morgan fingerprint density at radius 1 is 1.50 bits per heavy atom. The van der Waals surface area contributed by atoms with E-state index < -0.39 is 4.92 Å². The number of nitrogen functional groups attached to an aromatic ring is 1. The molecule has 1 heterocycles. The van der Waals surface area contributed by atoms with Crippen LogP contribution in [0, 0.1) is 21.4 Å². The monoisotopic (exact) mass is 290 g/mol. The van der Waals surface area contributed by atoms with E-state index in [-0.39, 0.29) is 23.0 Å². The van der Waals surface area contributed by atoms with Crippen molar-refractivity contribution in [1.29, 1.82) is 5.26 Å². The molecule has 0 saturated carbocycles. The van der Waals surface area contributed by atoms with Crippen LogP contribution in [0.1, 0.15) is 5.56 Å². The number of benzene rings is 1. The Morgan fingerprint density at radius 2 is 2.25 bits per heavy atom. The summed E-state index contributed by atoms with van der Waals surface area (Å²) in [5.74, 6) is -0.236. The number of nitrogens with two attached hydrogens (primary N) is 1. The summed E-state index contributed by atoms with van der Waals surface area (Å²) < 4.78 is 0. The lowest BCUT2D eigenvalue weighted by atomic mass is 10.2. The number of nitriles is 1. The van der Waals surface area contributed by atoms with Gasteiger partial charge in [0.1, 0.15) is 12.3 Å². The number of nitro groups is 1. The molecule has 20 heavy (non-hydrogen) atoms. The topological polar surface area (TPSA) is 131 Å². The second-order valence-electron chi connectivity index (χ2n) is 3.65. The van der Waals surface area contributed by atoms with Gasteiger partial charge in [0, 0.05) is 5.02 Å². The third-order valence-electron chi connectivity index (χ3n) is 2.34. The minimum Gasteiger partial charge on any atom is -0.368 e. The molecule has 2 aromatic rings. The van der Waals surface area contributed by atoms with Crippen LogP contribution >= 0.6 is 11.6 Å². The van der Waals surface area contributed by atoms with Crippen molar-refractivity contribution in [3.8, 4) is 6.07 Å². The largest absolute Gasteiger partial charge is 0.368 e. The molecule has 0 unspecified atom stereocenters. The van der Waals surface area contributed by atoms with Crippen molar-refractivity contribution in [3.63, 3.8) is 0 Å². The molecular weight excluding hydrogens is 284 g/mol. The molecule has 9 heteroatoms.